The van der Waals surface area contributed by atoms with Crippen molar-refractivity contribution in [3.8, 4) is 5.75 Å². The summed E-state index contributed by atoms with van der Waals surface area (Å²) in [7, 11) is -3.46. The molecule has 1 aliphatic rings. The molecule has 3 rings (SSSR count). The molecule has 4 nitrogen and oxygen atoms in total. The SMILES string of the molecule is O=S(=O)(Cc1ccc(F)cc1)NCC1CCOc2ccccc21. The zero-order valence-electron chi connectivity index (χ0n) is 12.5. The first-order valence-corrected chi connectivity index (χ1v) is 9.12. The van der Waals surface area contributed by atoms with Crippen molar-refractivity contribution >= 4 is 10.0 Å². The van der Waals surface area contributed by atoms with Crippen LogP contribution in [0.1, 0.15) is 23.5 Å². The first kappa shape index (κ1) is 16.0. The number of hydrogen-bond donors (Lipinski definition) is 1. The molecule has 0 saturated heterocycles. The second kappa shape index (κ2) is 6.68. The number of hydrogen-bond acceptors (Lipinski definition) is 3. The third kappa shape index (κ3) is 4.09. The molecule has 0 amide bonds. The summed E-state index contributed by atoms with van der Waals surface area (Å²) in [6, 6.07) is 13.2. The van der Waals surface area contributed by atoms with Gasteiger partial charge >= 0.3 is 0 Å². The molecular formula is C17H18FNO3S. The number of benzene rings is 2. The van der Waals surface area contributed by atoms with Crippen LogP contribution in [-0.2, 0) is 15.8 Å². The predicted octanol–water partition coefficient (Wildman–Crippen LogP) is 2.81. The Morgan fingerprint density at radius 1 is 1.13 bits per heavy atom. The summed E-state index contributed by atoms with van der Waals surface area (Å²) in [5, 5.41) is 0. The van der Waals surface area contributed by atoms with E-state index in [0.717, 1.165) is 17.7 Å². The van der Waals surface area contributed by atoms with E-state index in [4.69, 9.17) is 4.74 Å². The van der Waals surface area contributed by atoms with Crippen LogP contribution in [-0.4, -0.2) is 21.6 Å². The van der Waals surface area contributed by atoms with Crippen molar-refractivity contribution in [2.45, 2.75) is 18.1 Å². The van der Waals surface area contributed by atoms with Crippen LogP contribution in [0, 0.1) is 5.82 Å². The minimum Gasteiger partial charge on any atom is -0.493 e. The van der Waals surface area contributed by atoms with Crippen molar-refractivity contribution in [2.24, 2.45) is 0 Å². The van der Waals surface area contributed by atoms with Gasteiger partial charge in [0.05, 0.1) is 12.4 Å². The molecule has 0 spiro atoms. The van der Waals surface area contributed by atoms with Crippen molar-refractivity contribution in [3.63, 3.8) is 0 Å². The van der Waals surface area contributed by atoms with Crippen molar-refractivity contribution in [1.82, 2.24) is 4.72 Å². The minimum atomic E-state index is -3.46. The molecule has 2 aromatic carbocycles. The maximum Gasteiger partial charge on any atom is 0.215 e. The monoisotopic (exact) mass is 335 g/mol. The number of para-hydroxylation sites is 1. The Balaban J connectivity index is 1.65. The van der Waals surface area contributed by atoms with E-state index in [9.17, 15) is 12.8 Å². The summed E-state index contributed by atoms with van der Waals surface area (Å²) in [5.74, 6) is 0.389. The van der Waals surface area contributed by atoms with Crippen LogP contribution in [0.2, 0.25) is 0 Å². The van der Waals surface area contributed by atoms with Crippen LogP contribution in [0.4, 0.5) is 4.39 Å². The summed E-state index contributed by atoms with van der Waals surface area (Å²) in [5.41, 5.74) is 1.59. The van der Waals surface area contributed by atoms with E-state index < -0.39 is 10.0 Å². The van der Waals surface area contributed by atoms with Crippen molar-refractivity contribution < 1.29 is 17.5 Å². The molecule has 0 bridgehead atoms. The Labute approximate surface area is 135 Å². The zero-order chi connectivity index (χ0) is 16.3. The third-order valence-electron chi connectivity index (χ3n) is 3.90. The lowest BCUT2D eigenvalue weighted by atomic mass is 9.93. The number of rotatable bonds is 5. The molecule has 0 radical (unpaired) electrons. The van der Waals surface area contributed by atoms with Gasteiger partial charge in [-0.3, -0.25) is 0 Å². The topological polar surface area (TPSA) is 55.4 Å². The minimum absolute atomic E-state index is 0.0999. The zero-order valence-corrected chi connectivity index (χ0v) is 13.4. The molecule has 1 atom stereocenters. The maximum absolute atomic E-state index is 12.9. The summed E-state index contributed by atoms with van der Waals surface area (Å²) in [6.45, 7) is 0.922. The lowest BCUT2D eigenvalue weighted by Gasteiger charge is -2.26. The molecule has 0 fully saturated rings. The lowest BCUT2D eigenvalue weighted by Crippen LogP contribution is -2.31. The third-order valence-corrected chi connectivity index (χ3v) is 5.22. The number of nitrogens with one attached hydrogen (secondary N) is 1. The Morgan fingerprint density at radius 3 is 2.65 bits per heavy atom. The van der Waals surface area contributed by atoms with Gasteiger partial charge < -0.3 is 4.74 Å². The van der Waals surface area contributed by atoms with Gasteiger partial charge in [-0.25, -0.2) is 17.5 Å². The molecule has 1 heterocycles. The highest BCUT2D eigenvalue weighted by Crippen LogP contribution is 2.32. The number of fused-ring (bicyclic) bond motifs is 1. The van der Waals surface area contributed by atoms with Gasteiger partial charge in [-0.2, -0.15) is 0 Å². The van der Waals surface area contributed by atoms with E-state index >= 15 is 0 Å². The molecule has 0 aliphatic carbocycles. The molecule has 0 aromatic heterocycles. The summed E-state index contributed by atoms with van der Waals surface area (Å²) in [6.07, 6.45) is 0.774. The van der Waals surface area contributed by atoms with E-state index in [-0.39, 0.29) is 17.5 Å². The second-order valence-corrected chi connectivity index (χ2v) is 7.41. The fraction of sp³-hybridized carbons (Fsp3) is 0.294. The largest absolute Gasteiger partial charge is 0.493 e. The molecule has 6 heteroatoms. The van der Waals surface area contributed by atoms with Gasteiger partial charge in [0.25, 0.3) is 0 Å². The molecule has 1 aliphatic heterocycles. The highest BCUT2D eigenvalue weighted by Gasteiger charge is 2.23. The van der Waals surface area contributed by atoms with Gasteiger partial charge in [0, 0.05) is 12.5 Å². The smallest absolute Gasteiger partial charge is 0.215 e. The highest BCUT2D eigenvalue weighted by atomic mass is 32.2. The molecule has 1 N–H and O–H groups in total. The Kier molecular flexibility index (Phi) is 4.63. The fourth-order valence-corrected chi connectivity index (χ4v) is 3.90. The average Bonchev–Trinajstić information content (AvgIpc) is 2.55. The number of sulfonamides is 1. The quantitative estimate of drug-likeness (QED) is 0.914. The standard InChI is InChI=1S/C17H18FNO3S/c18-15-7-5-13(6-8-15)12-23(20,21)19-11-14-9-10-22-17-4-2-1-3-16(14)17/h1-8,14,19H,9-12H2. The van der Waals surface area contributed by atoms with Gasteiger partial charge in [0.2, 0.25) is 10.0 Å². The predicted molar refractivity (Wildman–Crippen MR) is 86.3 cm³/mol. The number of ether oxygens (including phenoxy) is 1. The second-order valence-electron chi connectivity index (χ2n) is 5.61. The highest BCUT2D eigenvalue weighted by molar-refractivity contribution is 7.88. The van der Waals surface area contributed by atoms with Gasteiger partial charge in [-0.05, 0) is 35.7 Å². The van der Waals surface area contributed by atoms with Gasteiger partial charge in [0.15, 0.2) is 0 Å². The average molecular weight is 335 g/mol. The van der Waals surface area contributed by atoms with Gasteiger partial charge in [-0.1, -0.05) is 30.3 Å². The summed E-state index contributed by atoms with van der Waals surface area (Å²) in [4.78, 5) is 0. The van der Waals surface area contributed by atoms with Crippen LogP contribution >= 0.6 is 0 Å². The Hall–Kier alpha value is -1.92. The van der Waals surface area contributed by atoms with Gasteiger partial charge in [-0.15, -0.1) is 0 Å². The van der Waals surface area contributed by atoms with Crippen molar-refractivity contribution in [1.29, 1.82) is 0 Å². The fourth-order valence-electron chi connectivity index (χ4n) is 2.71. The maximum atomic E-state index is 12.9. The number of halogens is 1. The first-order valence-electron chi connectivity index (χ1n) is 7.47. The van der Waals surface area contributed by atoms with Crippen molar-refractivity contribution in [3.05, 3.63) is 65.5 Å². The van der Waals surface area contributed by atoms with E-state index in [0.29, 0.717) is 18.7 Å². The molecular weight excluding hydrogens is 317 g/mol. The van der Waals surface area contributed by atoms with Gasteiger partial charge in [0.1, 0.15) is 11.6 Å². The van der Waals surface area contributed by atoms with E-state index in [2.05, 4.69) is 4.72 Å². The van der Waals surface area contributed by atoms with Crippen LogP contribution < -0.4 is 9.46 Å². The normalized spacial score (nSPS) is 17.3. The molecule has 1 unspecified atom stereocenters. The van der Waals surface area contributed by atoms with E-state index in [1.807, 2.05) is 24.3 Å². The first-order chi connectivity index (χ1) is 11.0. The summed E-state index contributed by atoms with van der Waals surface area (Å²) >= 11 is 0. The van der Waals surface area contributed by atoms with E-state index in [1.165, 1.54) is 24.3 Å². The molecule has 0 saturated carbocycles. The van der Waals surface area contributed by atoms with Crippen LogP contribution in [0.5, 0.6) is 5.75 Å². The Bertz CT molecular complexity index is 775. The van der Waals surface area contributed by atoms with Crippen LogP contribution in [0.15, 0.2) is 48.5 Å². The lowest BCUT2D eigenvalue weighted by molar-refractivity contribution is 0.267. The molecule has 23 heavy (non-hydrogen) atoms. The van der Waals surface area contributed by atoms with Crippen LogP contribution in [0.25, 0.3) is 0 Å². The van der Waals surface area contributed by atoms with Crippen molar-refractivity contribution in [2.75, 3.05) is 13.2 Å². The van der Waals surface area contributed by atoms with Crippen LogP contribution in [0.3, 0.4) is 0 Å². The molecule has 122 valence electrons. The summed E-state index contributed by atoms with van der Waals surface area (Å²) < 4.78 is 45.5. The molecule has 2 aromatic rings. The van der Waals surface area contributed by atoms with E-state index in [1.54, 1.807) is 0 Å². The Morgan fingerprint density at radius 2 is 1.87 bits per heavy atom.